The van der Waals surface area contributed by atoms with Gasteiger partial charge in [-0.2, -0.15) is 0 Å². The number of hydrogen-bond donors (Lipinski definition) is 2. The van der Waals surface area contributed by atoms with Gasteiger partial charge in [-0.1, -0.05) is 36.4 Å². The van der Waals surface area contributed by atoms with Crippen LogP contribution < -0.4 is 15.4 Å². The predicted octanol–water partition coefficient (Wildman–Crippen LogP) is 2.87. The first-order chi connectivity index (χ1) is 20.0. The molecule has 1 amide bonds. The number of cyclic esters (lactones) is 1. The Morgan fingerprint density at radius 3 is 2.88 bits per heavy atom. The first-order valence-corrected chi connectivity index (χ1v) is 13.8. The molecule has 2 unspecified atom stereocenters. The molecule has 2 saturated heterocycles. The SMILES string of the molecule is COCCOc1cc2ncnc(NC(C)c3ccccc3)c2cc1NC(=O)C=CCN1CCN2CC(=O)OCC2C1. The summed E-state index contributed by atoms with van der Waals surface area (Å²) in [5, 5.41) is 7.21. The van der Waals surface area contributed by atoms with Crippen LogP contribution in [0.25, 0.3) is 10.9 Å². The molecule has 0 spiro atoms. The highest BCUT2D eigenvalue weighted by Gasteiger charge is 2.32. The number of anilines is 2. The van der Waals surface area contributed by atoms with Gasteiger partial charge in [-0.05, 0) is 18.6 Å². The summed E-state index contributed by atoms with van der Waals surface area (Å²) in [5.74, 6) is 0.731. The van der Waals surface area contributed by atoms with Crippen molar-refractivity contribution in [3.8, 4) is 5.75 Å². The number of carbonyl (C=O) groups is 2. The minimum absolute atomic E-state index is 0.00966. The molecule has 2 N–H and O–H groups in total. The van der Waals surface area contributed by atoms with Crippen LogP contribution in [0, 0.1) is 0 Å². The fourth-order valence-corrected chi connectivity index (χ4v) is 5.05. The lowest BCUT2D eigenvalue weighted by Gasteiger charge is -2.42. The summed E-state index contributed by atoms with van der Waals surface area (Å²) in [6.45, 7) is 6.62. The molecule has 11 heteroatoms. The number of benzene rings is 2. The molecule has 2 aliphatic heterocycles. The standard InChI is InChI=1S/C30H36N6O5/c1-21(22-7-4-3-5-8-22)33-30-24-15-26(27(40-14-13-39-2)16-25(24)31-20-32-30)34-28(37)9-6-10-35-11-12-36-18-29(38)41-19-23(36)17-35/h3-9,15-16,20-21,23H,10-14,17-19H2,1-2H3,(H,34,37)(H,31,32,33). The van der Waals surface area contributed by atoms with E-state index in [1.54, 1.807) is 13.2 Å². The smallest absolute Gasteiger partial charge is 0.320 e. The van der Waals surface area contributed by atoms with E-state index in [9.17, 15) is 9.59 Å². The van der Waals surface area contributed by atoms with Gasteiger partial charge >= 0.3 is 5.97 Å². The van der Waals surface area contributed by atoms with Crippen molar-refractivity contribution in [2.24, 2.45) is 0 Å². The minimum atomic E-state index is -0.268. The maximum Gasteiger partial charge on any atom is 0.320 e. The van der Waals surface area contributed by atoms with Gasteiger partial charge in [-0.3, -0.25) is 19.4 Å². The van der Waals surface area contributed by atoms with Crippen LogP contribution in [0.1, 0.15) is 18.5 Å². The van der Waals surface area contributed by atoms with Crippen LogP contribution in [-0.4, -0.2) is 97.3 Å². The van der Waals surface area contributed by atoms with Gasteiger partial charge in [-0.25, -0.2) is 9.97 Å². The van der Waals surface area contributed by atoms with E-state index in [4.69, 9.17) is 14.2 Å². The number of piperazine rings is 1. The van der Waals surface area contributed by atoms with E-state index in [1.807, 2.05) is 30.3 Å². The molecule has 216 valence electrons. The first-order valence-electron chi connectivity index (χ1n) is 13.8. The minimum Gasteiger partial charge on any atom is -0.489 e. The third-order valence-electron chi connectivity index (χ3n) is 7.28. The summed E-state index contributed by atoms with van der Waals surface area (Å²) in [5.41, 5.74) is 2.34. The molecule has 0 saturated carbocycles. The third kappa shape index (κ3) is 7.37. The lowest BCUT2D eigenvalue weighted by atomic mass is 10.1. The number of morpholine rings is 1. The summed E-state index contributed by atoms with van der Waals surface area (Å²) in [4.78, 5) is 37.8. The molecule has 11 nitrogen and oxygen atoms in total. The van der Waals surface area contributed by atoms with Crippen molar-refractivity contribution >= 4 is 34.3 Å². The maximum atomic E-state index is 13.0. The zero-order valence-electron chi connectivity index (χ0n) is 23.4. The molecule has 2 atom stereocenters. The number of amides is 1. The number of aromatic nitrogens is 2. The average molecular weight is 561 g/mol. The summed E-state index contributed by atoms with van der Waals surface area (Å²) in [6, 6.07) is 14.0. The van der Waals surface area contributed by atoms with Crippen LogP contribution in [0.3, 0.4) is 0 Å². The largest absolute Gasteiger partial charge is 0.489 e. The summed E-state index contributed by atoms with van der Waals surface area (Å²) in [6.07, 6.45) is 4.90. The number of methoxy groups -OCH3 is 1. The molecule has 2 aliphatic rings. The maximum absolute atomic E-state index is 13.0. The van der Waals surface area contributed by atoms with Crippen molar-refractivity contribution in [1.82, 2.24) is 19.8 Å². The van der Waals surface area contributed by atoms with Gasteiger partial charge in [0.25, 0.3) is 0 Å². The highest BCUT2D eigenvalue weighted by atomic mass is 16.5. The molecule has 0 radical (unpaired) electrons. The summed E-state index contributed by atoms with van der Waals surface area (Å²) < 4.78 is 16.3. The normalized spacial score (nSPS) is 18.6. The highest BCUT2D eigenvalue weighted by Crippen LogP contribution is 2.33. The van der Waals surface area contributed by atoms with Crippen molar-refractivity contribution in [2.75, 3.05) is 70.3 Å². The van der Waals surface area contributed by atoms with Gasteiger partial charge in [0.2, 0.25) is 5.91 Å². The van der Waals surface area contributed by atoms with Crippen molar-refractivity contribution in [2.45, 2.75) is 19.0 Å². The van der Waals surface area contributed by atoms with Crippen LogP contribution >= 0.6 is 0 Å². The molecule has 3 heterocycles. The molecular weight excluding hydrogens is 524 g/mol. The molecule has 3 aromatic rings. The van der Waals surface area contributed by atoms with E-state index in [2.05, 4.69) is 49.5 Å². The Kier molecular flexibility index (Phi) is 9.40. The van der Waals surface area contributed by atoms with Gasteiger partial charge < -0.3 is 24.8 Å². The van der Waals surface area contributed by atoms with Crippen LogP contribution in [0.5, 0.6) is 5.75 Å². The van der Waals surface area contributed by atoms with Crippen molar-refractivity contribution < 1.29 is 23.8 Å². The van der Waals surface area contributed by atoms with E-state index in [1.165, 1.54) is 12.4 Å². The Balaban J connectivity index is 1.29. The lowest BCUT2D eigenvalue weighted by molar-refractivity contribution is -0.157. The number of rotatable bonds is 11. The average Bonchev–Trinajstić information content (AvgIpc) is 2.98. The van der Waals surface area contributed by atoms with Crippen LogP contribution in [0.4, 0.5) is 11.5 Å². The van der Waals surface area contributed by atoms with Gasteiger partial charge in [0, 0.05) is 56.9 Å². The van der Waals surface area contributed by atoms with Gasteiger partial charge in [-0.15, -0.1) is 0 Å². The Morgan fingerprint density at radius 2 is 2.05 bits per heavy atom. The molecule has 41 heavy (non-hydrogen) atoms. The fraction of sp³-hybridized carbons (Fsp3) is 0.400. The molecule has 0 bridgehead atoms. The highest BCUT2D eigenvalue weighted by molar-refractivity contribution is 6.03. The second-order valence-electron chi connectivity index (χ2n) is 10.2. The number of fused-ring (bicyclic) bond motifs is 2. The second kappa shape index (κ2) is 13.5. The second-order valence-corrected chi connectivity index (χ2v) is 10.2. The molecule has 1 aromatic heterocycles. The Labute approximate surface area is 239 Å². The predicted molar refractivity (Wildman–Crippen MR) is 156 cm³/mol. The van der Waals surface area contributed by atoms with Crippen molar-refractivity contribution in [3.05, 3.63) is 66.5 Å². The van der Waals surface area contributed by atoms with E-state index in [0.29, 0.717) is 55.7 Å². The quantitative estimate of drug-likeness (QED) is 0.206. The fourth-order valence-electron chi connectivity index (χ4n) is 5.05. The molecule has 2 fully saturated rings. The van der Waals surface area contributed by atoms with Crippen LogP contribution in [-0.2, 0) is 19.1 Å². The number of carbonyl (C=O) groups excluding carboxylic acids is 2. The molecule has 5 rings (SSSR count). The van der Waals surface area contributed by atoms with E-state index in [0.717, 1.165) is 30.6 Å². The van der Waals surface area contributed by atoms with E-state index < -0.39 is 0 Å². The zero-order chi connectivity index (χ0) is 28.6. The topological polar surface area (TPSA) is 118 Å². The number of ether oxygens (including phenoxy) is 3. The van der Waals surface area contributed by atoms with Crippen LogP contribution in [0.15, 0.2) is 60.9 Å². The Hall–Kier alpha value is -4.06. The Bertz CT molecular complexity index is 1380. The lowest BCUT2D eigenvalue weighted by Crippen LogP contribution is -2.59. The number of nitrogens with zero attached hydrogens (tertiary/aromatic N) is 4. The van der Waals surface area contributed by atoms with E-state index >= 15 is 0 Å². The van der Waals surface area contributed by atoms with Gasteiger partial charge in [0.1, 0.15) is 31.1 Å². The Morgan fingerprint density at radius 1 is 1.20 bits per heavy atom. The van der Waals surface area contributed by atoms with Crippen molar-refractivity contribution in [3.63, 3.8) is 0 Å². The molecule has 0 aliphatic carbocycles. The van der Waals surface area contributed by atoms with Gasteiger partial charge in [0.05, 0.1) is 30.4 Å². The number of esters is 1. The number of nitrogens with one attached hydrogen (secondary N) is 2. The molecular formula is C30H36N6O5. The van der Waals surface area contributed by atoms with E-state index in [-0.39, 0.29) is 24.0 Å². The number of hydrogen-bond acceptors (Lipinski definition) is 10. The monoisotopic (exact) mass is 560 g/mol. The van der Waals surface area contributed by atoms with Gasteiger partial charge in [0.15, 0.2) is 0 Å². The zero-order valence-corrected chi connectivity index (χ0v) is 23.4. The van der Waals surface area contributed by atoms with Crippen LogP contribution in [0.2, 0.25) is 0 Å². The third-order valence-corrected chi connectivity index (χ3v) is 7.28. The molecule has 2 aromatic carbocycles. The van der Waals surface area contributed by atoms with Crippen molar-refractivity contribution in [1.29, 1.82) is 0 Å². The summed E-state index contributed by atoms with van der Waals surface area (Å²) in [7, 11) is 1.61. The first kappa shape index (κ1) is 28.5. The summed E-state index contributed by atoms with van der Waals surface area (Å²) >= 11 is 0.